The van der Waals surface area contributed by atoms with Crippen LogP contribution in [0.25, 0.3) is 0 Å². The zero-order valence-corrected chi connectivity index (χ0v) is 15.7. The molecule has 0 aromatic heterocycles. The molecule has 5 nitrogen and oxygen atoms in total. The van der Waals surface area contributed by atoms with Crippen molar-refractivity contribution in [3.05, 3.63) is 95.1 Å². The third-order valence-corrected chi connectivity index (χ3v) is 4.65. The molecule has 0 fully saturated rings. The highest BCUT2D eigenvalue weighted by molar-refractivity contribution is 5.75. The van der Waals surface area contributed by atoms with Gasteiger partial charge in [0.25, 0.3) is 0 Å². The molecular weight excluding hydrogens is 352 g/mol. The number of carbonyl (C=O) groups is 1. The smallest absolute Gasteiger partial charge is 0.315 e. The zero-order chi connectivity index (χ0) is 19.9. The van der Waals surface area contributed by atoms with Gasteiger partial charge in [-0.2, -0.15) is 0 Å². The fourth-order valence-electron chi connectivity index (χ4n) is 3.14. The van der Waals surface area contributed by atoms with Gasteiger partial charge in [0.1, 0.15) is 0 Å². The number of hydrogen-bond acceptors (Lipinski definition) is 3. The quantitative estimate of drug-likeness (QED) is 0.490. The minimum absolute atomic E-state index is 0.138. The highest BCUT2D eigenvalue weighted by atomic mass is 16.3. The van der Waals surface area contributed by atoms with Crippen LogP contribution in [0.3, 0.4) is 0 Å². The highest BCUT2D eigenvalue weighted by Crippen LogP contribution is 2.28. The van der Waals surface area contributed by atoms with E-state index in [9.17, 15) is 15.0 Å². The monoisotopic (exact) mass is 376 g/mol. The van der Waals surface area contributed by atoms with Crippen LogP contribution in [-0.2, 0) is 6.42 Å². The maximum atomic E-state index is 12.5. The van der Waals surface area contributed by atoms with Crippen LogP contribution in [0.4, 0.5) is 4.79 Å². The number of hydrogen-bond donors (Lipinski definition) is 4. The van der Waals surface area contributed by atoms with E-state index in [1.54, 1.807) is 0 Å². The summed E-state index contributed by atoms with van der Waals surface area (Å²) in [6, 6.07) is 22.2. The summed E-state index contributed by atoms with van der Waals surface area (Å²) in [5.74, 6) is -0.293. The van der Waals surface area contributed by atoms with Crippen molar-refractivity contribution in [1.82, 2.24) is 10.6 Å². The van der Waals surface area contributed by atoms with Crippen molar-refractivity contribution in [1.29, 1.82) is 0 Å². The maximum Gasteiger partial charge on any atom is 0.315 e. The highest BCUT2D eigenvalue weighted by Gasteiger charge is 2.16. The Bertz CT molecular complexity index is 888. The normalized spacial score (nSPS) is 10.6. The number of amides is 2. The third kappa shape index (κ3) is 4.82. The molecule has 0 spiro atoms. The molecule has 0 bridgehead atoms. The summed E-state index contributed by atoms with van der Waals surface area (Å²) in [6.07, 6.45) is 0.550. The molecule has 0 radical (unpaired) electrons. The van der Waals surface area contributed by atoms with Gasteiger partial charge in [-0.25, -0.2) is 4.79 Å². The molecule has 0 heterocycles. The van der Waals surface area contributed by atoms with Crippen LogP contribution in [-0.4, -0.2) is 22.8 Å². The van der Waals surface area contributed by atoms with E-state index >= 15 is 0 Å². The minimum atomic E-state index is -0.265. The van der Waals surface area contributed by atoms with Crippen molar-refractivity contribution in [2.75, 3.05) is 6.54 Å². The summed E-state index contributed by atoms with van der Waals surface area (Å²) in [7, 11) is 0. The van der Waals surface area contributed by atoms with E-state index in [1.165, 1.54) is 12.1 Å². The molecule has 0 aliphatic carbocycles. The van der Waals surface area contributed by atoms with Gasteiger partial charge in [0, 0.05) is 6.54 Å². The van der Waals surface area contributed by atoms with E-state index in [0.29, 0.717) is 13.0 Å². The van der Waals surface area contributed by atoms with Gasteiger partial charge >= 0.3 is 6.03 Å². The fraction of sp³-hybridized carbons (Fsp3) is 0.174. The van der Waals surface area contributed by atoms with Crippen molar-refractivity contribution >= 4 is 6.03 Å². The number of benzene rings is 3. The molecule has 3 rings (SSSR count). The van der Waals surface area contributed by atoms with Crippen molar-refractivity contribution in [2.45, 2.75) is 19.4 Å². The summed E-state index contributed by atoms with van der Waals surface area (Å²) < 4.78 is 0. The Morgan fingerprint density at radius 3 is 2.00 bits per heavy atom. The van der Waals surface area contributed by atoms with E-state index in [4.69, 9.17) is 0 Å². The Hall–Kier alpha value is -3.47. The van der Waals surface area contributed by atoms with Crippen LogP contribution in [0.2, 0.25) is 0 Å². The molecule has 2 amide bonds. The van der Waals surface area contributed by atoms with Gasteiger partial charge in [-0.15, -0.1) is 0 Å². The molecule has 4 N–H and O–H groups in total. The summed E-state index contributed by atoms with van der Waals surface area (Å²) >= 11 is 0. The molecule has 3 aromatic rings. The number of nitrogens with one attached hydrogen (secondary N) is 2. The molecule has 3 aromatic carbocycles. The fourth-order valence-corrected chi connectivity index (χ4v) is 3.14. The van der Waals surface area contributed by atoms with Gasteiger partial charge in [0.05, 0.1) is 6.04 Å². The van der Waals surface area contributed by atoms with Crippen LogP contribution < -0.4 is 10.6 Å². The average Bonchev–Trinajstić information content (AvgIpc) is 2.71. The second-order valence-electron chi connectivity index (χ2n) is 6.67. The lowest BCUT2D eigenvalue weighted by Crippen LogP contribution is -2.39. The SMILES string of the molecule is Cc1cc(O)c(O)cc1CCNC(=O)NC(c1ccccc1)c1ccccc1. The van der Waals surface area contributed by atoms with Crippen molar-refractivity contribution < 1.29 is 15.0 Å². The van der Waals surface area contributed by atoms with E-state index < -0.39 is 0 Å². The predicted molar refractivity (Wildman–Crippen MR) is 109 cm³/mol. The lowest BCUT2D eigenvalue weighted by molar-refractivity contribution is 0.239. The Balaban J connectivity index is 1.64. The van der Waals surface area contributed by atoms with Gasteiger partial charge < -0.3 is 20.8 Å². The minimum Gasteiger partial charge on any atom is -0.504 e. The largest absolute Gasteiger partial charge is 0.504 e. The summed E-state index contributed by atoms with van der Waals surface area (Å²) in [5.41, 5.74) is 3.74. The Labute approximate surface area is 164 Å². The molecule has 0 saturated carbocycles. The Morgan fingerprint density at radius 1 is 0.893 bits per heavy atom. The van der Waals surface area contributed by atoms with Crippen LogP contribution in [0.5, 0.6) is 11.5 Å². The van der Waals surface area contributed by atoms with E-state index in [1.807, 2.05) is 67.6 Å². The molecule has 144 valence electrons. The summed E-state index contributed by atoms with van der Waals surface area (Å²) in [5, 5.41) is 25.1. The number of urea groups is 1. The molecule has 0 saturated heterocycles. The molecule has 5 heteroatoms. The maximum absolute atomic E-state index is 12.5. The number of rotatable bonds is 6. The molecule has 0 aliphatic rings. The van der Waals surface area contributed by atoms with E-state index in [-0.39, 0.29) is 23.6 Å². The number of aromatic hydroxyl groups is 2. The van der Waals surface area contributed by atoms with Crippen molar-refractivity contribution in [3.8, 4) is 11.5 Å². The van der Waals surface area contributed by atoms with Gasteiger partial charge in [-0.05, 0) is 47.7 Å². The second kappa shape index (κ2) is 8.95. The van der Waals surface area contributed by atoms with Crippen LogP contribution in [0.1, 0.15) is 28.3 Å². The lowest BCUT2D eigenvalue weighted by atomic mass is 9.99. The van der Waals surface area contributed by atoms with Crippen LogP contribution >= 0.6 is 0 Å². The van der Waals surface area contributed by atoms with Gasteiger partial charge in [0.2, 0.25) is 0 Å². The van der Waals surface area contributed by atoms with Gasteiger partial charge in [-0.1, -0.05) is 60.7 Å². The van der Waals surface area contributed by atoms with Gasteiger partial charge in [-0.3, -0.25) is 0 Å². The summed E-state index contributed by atoms with van der Waals surface area (Å²) in [6.45, 7) is 2.27. The first kappa shape index (κ1) is 19.3. The van der Waals surface area contributed by atoms with Crippen molar-refractivity contribution in [3.63, 3.8) is 0 Å². The third-order valence-electron chi connectivity index (χ3n) is 4.65. The number of phenols is 2. The van der Waals surface area contributed by atoms with Crippen LogP contribution in [0, 0.1) is 6.92 Å². The molecule has 0 unspecified atom stereocenters. The second-order valence-corrected chi connectivity index (χ2v) is 6.67. The number of carbonyl (C=O) groups excluding carboxylic acids is 1. The number of phenolic OH excluding ortho intramolecular Hbond substituents is 2. The van der Waals surface area contributed by atoms with Gasteiger partial charge in [0.15, 0.2) is 11.5 Å². The van der Waals surface area contributed by atoms with E-state index in [0.717, 1.165) is 22.3 Å². The molecule has 0 atom stereocenters. The molecule has 0 aliphatic heterocycles. The average molecular weight is 376 g/mol. The topological polar surface area (TPSA) is 81.6 Å². The van der Waals surface area contributed by atoms with Crippen LogP contribution in [0.15, 0.2) is 72.8 Å². The first-order valence-electron chi connectivity index (χ1n) is 9.20. The zero-order valence-electron chi connectivity index (χ0n) is 15.7. The first-order valence-corrected chi connectivity index (χ1v) is 9.20. The number of aryl methyl sites for hydroxylation is 1. The van der Waals surface area contributed by atoms with E-state index in [2.05, 4.69) is 10.6 Å². The molecular formula is C23H24N2O3. The predicted octanol–water partition coefficient (Wildman–Crippen LogP) is 4.04. The first-order chi connectivity index (χ1) is 13.5. The summed E-state index contributed by atoms with van der Waals surface area (Å²) in [4.78, 5) is 12.5. The Kier molecular flexibility index (Phi) is 6.17. The van der Waals surface area contributed by atoms with Crippen molar-refractivity contribution in [2.24, 2.45) is 0 Å². The molecule has 28 heavy (non-hydrogen) atoms. The Morgan fingerprint density at radius 2 is 1.43 bits per heavy atom. The standard InChI is InChI=1S/C23H24N2O3/c1-16-14-20(26)21(27)15-19(16)12-13-24-23(28)25-22(17-8-4-2-5-9-17)18-10-6-3-7-11-18/h2-11,14-15,22,26-27H,12-13H2,1H3,(H2,24,25,28). The lowest BCUT2D eigenvalue weighted by Gasteiger charge is -2.20.